The summed E-state index contributed by atoms with van der Waals surface area (Å²) in [5.74, 6) is -8.00. The van der Waals surface area contributed by atoms with Crippen molar-refractivity contribution < 1.29 is 42.2 Å². The predicted octanol–water partition coefficient (Wildman–Crippen LogP) is 10.6. The Morgan fingerprint density at radius 3 is 2.21 bits per heavy atom. The number of rotatable bonds is 8. The maximum Gasteiger partial charge on any atom is 0.417 e. The summed E-state index contributed by atoms with van der Waals surface area (Å²) in [6, 6.07) is 24.9. The molecule has 4 amide bonds. The molecule has 11 nitrogen and oxygen atoms in total. The molecule has 2 saturated heterocycles. The molecule has 3 fully saturated rings. The molecule has 4 aliphatic rings. The molecule has 1 saturated carbocycles. The number of nitrogens with one attached hydrogen (secondary N) is 2. The van der Waals surface area contributed by atoms with Crippen LogP contribution in [-0.2, 0) is 30.8 Å². The predicted molar refractivity (Wildman–Crippen MR) is 236 cm³/mol. The second-order valence-electron chi connectivity index (χ2n) is 15.6. The second kappa shape index (κ2) is 16.0. The fourth-order valence-corrected chi connectivity index (χ4v) is 11.0. The minimum absolute atomic E-state index is 0.0234. The molecule has 0 radical (unpaired) electrons. The number of phenols is 1. The van der Waals surface area contributed by atoms with E-state index in [9.17, 15) is 27.9 Å². The molecule has 2 aliphatic heterocycles. The highest BCUT2D eigenvalue weighted by Crippen LogP contribution is 2.66. The van der Waals surface area contributed by atoms with E-state index in [1.807, 2.05) is 36.4 Å². The molecular formula is C45H32Br2Cl2F3N5O6. The highest BCUT2D eigenvalue weighted by molar-refractivity contribution is 9.13. The van der Waals surface area contributed by atoms with Gasteiger partial charge in [-0.05, 0) is 122 Å². The van der Waals surface area contributed by atoms with E-state index in [4.69, 9.17) is 27.9 Å². The zero-order valence-corrected chi connectivity index (χ0v) is 37.3. The summed E-state index contributed by atoms with van der Waals surface area (Å²) in [7, 11) is 1.35. The van der Waals surface area contributed by atoms with Crippen LogP contribution in [0.4, 0.5) is 36.1 Å². The summed E-state index contributed by atoms with van der Waals surface area (Å²) in [4.78, 5) is 64.9. The van der Waals surface area contributed by atoms with Gasteiger partial charge in [0.25, 0.3) is 11.8 Å². The first-order valence-electron chi connectivity index (χ1n) is 19.4. The summed E-state index contributed by atoms with van der Waals surface area (Å²) in [5.41, 5.74) is 2.92. The molecule has 6 atom stereocenters. The third kappa shape index (κ3) is 6.87. The van der Waals surface area contributed by atoms with E-state index in [-0.39, 0.29) is 28.8 Å². The Morgan fingerprint density at radius 2 is 1.56 bits per heavy atom. The van der Waals surface area contributed by atoms with Crippen LogP contribution < -0.4 is 20.4 Å². The van der Waals surface area contributed by atoms with Crippen LogP contribution in [0.2, 0.25) is 10.0 Å². The molecule has 0 unspecified atom stereocenters. The summed E-state index contributed by atoms with van der Waals surface area (Å²) in [6.07, 6.45) is -2.37. The fourth-order valence-electron chi connectivity index (χ4n) is 9.74. The van der Waals surface area contributed by atoms with Crippen molar-refractivity contribution in [1.29, 1.82) is 0 Å². The van der Waals surface area contributed by atoms with Crippen LogP contribution in [0, 0.1) is 23.7 Å². The number of nitrogens with zero attached hydrogens (tertiary/aromatic N) is 3. The third-order valence-electron chi connectivity index (χ3n) is 12.5. The third-order valence-corrected chi connectivity index (χ3v) is 15.1. The molecule has 63 heavy (non-hydrogen) atoms. The molecule has 5 aromatic rings. The minimum atomic E-state index is -4.78. The number of aromatic hydroxyl groups is 1. The van der Waals surface area contributed by atoms with Gasteiger partial charge in [0.2, 0.25) is 11.8 Å². The van der Waals surface area contributed by atoms with E-state index in [0.717, 1.165) is 11.4 Å². The van der Waals surface area contributed by atoms with Gasteiger partial charge in [0.05, 0.1) is 51.0 Å². The van der Waals surface area contributed by atoms with Crippen molar-refractivity contribution in [2.75, 3.05) is 22.8 Å². The number of anilines is 4. The Bertz CT molecular complexity index is 2760. The van der Waals surface area contributed by atoms with Crippen LogP contribution in [0.1, 0.15) is 35.4 Å². The smallest absolute Gasteiger partial charge is 0.417 e. The van der Waals surface area contributed by atoms with Gasteiger partial charge in [-0.15, -0.1) is 0 Å². The van der Waals surface area contributed by atoms with E-state index >= 15 is 9.59 Å². The largest absolute Gasteiger partial charge is 0.503 e. The highest BCUT2D eigenvalue weighted by atomic mass is 79.9. The molecule has 0 bridgehead atoms. The highest BCUT2D eigenvalue weighted by Gasteiger charge is 2.71. The Morgan fingerprint density at radius 1 is 0.873 bits per heavy atom. The molecule has 0 spiro atoms. The van der Waals surface area contributed by atoms with Crippen LogP contribution in [0.15, 0.2) is 118 Å². The number of halogens is 7. The van der Waals surface area contributed by atoms with E-state index in [0.29, 0.717) is 49.2 Å². The normalized spacial score (nSPS) is 24.2. The second-order valence-corrected chi connectivity index (χ2v) is 18.0. The lowest BCUT2D eigenvalue weighted by Gasteiger charge is -2.51. The number of aromatic nitrogens is 1. The van der Waals surface area contributed by atoms with Gasteiger partial charge in [-0.3, -0.25) is 29.5 Å². The maximum absolute atomic E-state index is 15.6. The minimum Gasteiger partial charge on any atom is -0.503 e. The summed E-state index contributed by atoms with van der Waals surface area (Å²) < 4.78 is 46.9. The van der Waals surface area contributed by atoms with Gasteiger partial charge in [-0.2, -0.15) is 18.2 Å². The van der Waals surface area contributed by atoms with Gasteiger partial charge in [0.15, 0.2) is 17.3 Å². The van der Waals surface area contributed by atoms with Crippen molar-refractivity contribution in [3.8, 4) is 11.5 Å². The number of benzene rings is 4. The topological polar surface area (TPSA) is 141 Å². The summed E-state index contributed by atoms with van der Waals surface area (Å²) >= 11 is 19.8. The number of fused-ring (bicyclic) bond motifs is 4. The number of hydrogen-bond acceptors (Lipinski definition) is 9. The number of hydrogen-bond donors (Lipinski definition) is 3. The van der Waals surface area contributed by atoms with Crippen LogP contribution in [0.25, 0.3) is 0 Å². The SMILES string of the molecule is COc1cc([C@H]2C3=CC[C@@H]4C(=O)N(c5ccc(Nc6ccccc6)cc5)C(=O)[C@@H]4[C@@H]3C[C@H]3C(=O)N(Nc4ncc(C(F)(F)F)cc4Cl)C(=O)[C@@]23c2ccc(Cl)cc2)c(Br)c(Br)c1O. The number of phenolic OH excluding ortho intramolecular Hbond substituents is 1. The lowest BCUT2D eigenvalue weighted by molar-refractivity contribution is -0.139. The van der Waals surface area contributed by atoms with Crippen LogP contribution in [0.5, 0.6) is 11.5 Å². The number of carbonyl (C=O) groups is 4. The van der Waals surface area contributed by atoms with Crippen molar-refractivity contribution in [1.82, 2.24) is 9.99 Å². The molecule has 3 heterocycles. The Kier molecular flexibility index (Phi) is 10.9. The Balaban J connectivity index is 1.19. The summed E-state index contributed by atoms with van der Waals surface area (Å²) in [6.45, 7) is 0. The van der Waals surface area contributed by atoms with Crippen molar-refractivity contribution in [3.05, 3.63) is 145 Å². The van der Waals surface area contributed by atoms with E-state index < -0.39 is 81.2 Å². The molecule has 1 aromatic heterocycles. The fraction of sp³-hybridized carbons (Fsp3) is 0.222. The zero-order valence-electron chi connectivity index (χ0n) is 32.6. The monoisotopic (exact) mass is 1020 g/mol. The summed E-state index contributed by atoms with van der Waals surface area (Å²) in [5, 5.41) is 14.9. The van der Waals surface area contributed by atoms with E-state index in [1.54, 1.807) is 54.6 Å². The van der Waals surface area contributed by atoms with Crippen LogP contribution in [-0.4, -0.2) is 45.8 Å². The Labute approximate surface area is 384 Å². The maximum atomic E-state index is 15.6. The lowest BCUT2D eigenvalue weighted by Crippen LogP contribution is -2.53. The van der Waals surface area contributed by atoms with E-state index in [2.05, 4.69) is 47.6 Å². The number of methoxy groups -OCH3 is 1. The number of imide groups is 2. The molecule has 322 valence electrons. The number of amides is 4. The average Bonchev–Trinajstić information content (AvgIpc) is 3.64. The van der Waals surface area contributed by atoms with Crippen molar-refractivity contribution in [2.24, 2.45) is 23.7 Å². The van der Waals surface area contributed by atoms with Gasteiger partial charge in [-0.1, -0.05) is 65.2 Å². The molecule has 2 aliphatic carbocycles. The van der Waals surface area contributed by atoms with Gasteiger partial charge in [0.1, 0.15) is 0 Å². The van der Waals surface area contributed by atoms with Gasteiger partial charge in [0, 0.05) is 33.0 Å². The van der Waals surface area contributed by atoms with Gasteiger partial charge in [-0.25, -0.2) is 4.98 Å². The molecular weight excluding hydrogens is 994 g/mol. The number of hydrazine groups is 1. The quantitative estimate of drug-likeness (QED) is 0.102. The van der Waals surface area contributed by atoms with Crippen molar-refractivity contribution in [3.63, 3.8) is 0 Å². The number of ether oxygens (including phenoxy) is 1. The van der Waals surface area contributed by atoms with E-state index in [1.165, 1.54) is 12.0 Å². The first-order valence-corrected chi connectivity index (χ1v) is 21.8. The average molecular weight is 1030 g/mol. The first-order chi connectivity index (χ1) is 30.1. The lowest BCUT2D eigenvalue weighted by atomic mass is 9.49. The van der Waals surface area contributed by atoms with Gasteiger partial charge >= 0.3 is 6.18 Å². The molecule has 3 N–H and O–H groups in total. The number of para-hydroxylation sites is 1. The number of pyridine rings is 1. The zero-order chi connectivity index (χ0) is 44.7. The standard InChI is InChI=1S/C45H32Br2Cl2F3N5O6/c1-63-33-19-30(36(46)37(47)38(33)58)35-27-15-16-28-34(42(61)56(40(28)59)26-13-11-25(12-14-26)54-24-5-3-2-4-6-24)29(27)18-31-41(60)57(43(62)44(31,35)21-7-9-23(48)10-8-21)55-39-32(49)17-22(20-53-39)45(50,51)52/h2-15,17,19-20,28-29,31,34-35,54,58H,16,18H2,1H3,(H,53,55)/t28-,29+,31-,34-,35+,44+/m0/s1. The first kappa shape index (κ1) is 42.9. The molecule has 9 rings (SSSR count). The Hall–Kier alpha value is -5.42. The number of carbonyl (C=O) groups excluding carboxylic acids is 4. The number of alkyl halides is 3. The number of allylic oxidation sites excluding steroid dienone is 2. The molecule has 4 aromatic carbocycles. The van der Waals surface area contributed by atoms with Gasteiger partial charge < -0.3 is 15.2 Å². The van der Waals surface area contributed by atoms with Crippen molar-refractivity contribution in [2.45, 2.75) is 30.4 Å². The molecule has 18 heteroatoms. The van der Waals surface area contributed by atoms with Crippen molar-refractivity contribution >= 4 is 102 Å². The van der Waals surface area contributed by atoms with Crippen LogP contribution in [0.3, 0.4) is 0 Å². The van der Waals surface area contributed by atoms with Crippen LogP contribution >= 0.6 is 55.1 Å².